The van der Waals surface area contributed by atoms with E-state index in [0.717, 1.165) is 32.4 Å². The monoisotopic (exact) mass is 335 g/mol. The highest BCUT2D eigenvalue weighted by Gasteiger charge is 2.25. The summed E-state index contributed by atoms with van der Waals surface area (Å²) in [5, 5.41) is 3.87. The van der Waals surface area contributed by atoms with Gasteiger partial charge in [0.1, 0.15) is 0 Å². The number of likely N-dealkylation sites (tertiary alicyclic amines) is 1. The lowest BCUT2D eigenvalue weighted by Gasteiger charge is -2.33. The normalized spacial score (nSPS) is 20.5. The maximum absolute atomic E-state index is 12.4. The topological polar surface area (TPSA) is 68.5 Å². The Morgan fingerprint density at radius 3 is 2.62 bits per heavy atom. The second-order valence-corrected chi connectivity index (χ2v) is 7.14. The summed E-state index contributed by atoms with van der Waals surface area (Å²) >= 11 is 0. The molecule has 2 fully saturated rings. The number of hydrogen-bond acceptors (Lipinski definition) is 5. The van der Waals surface area contributed by atoms with E-state index >= 15 is 0 Å². The van der Waals surface area contributed by atoms with Crippen LogP contribution in [0.15, 0.2) is 4.52 Å². The van der Waals surface area contributed by atoms with E-state index in [0.29, 0.717) is 36.6 Å². The Hall–Kier alpha value is -1.43. The van der Waals surface area contributed by atoms with Gasteiger partial charge in [0.15, 0.2) is 5.82 Å². The zero-order chi connectivity index (χ0) is 16.8. The average molecular weight is 335 g/mol. The molecule has 0 radical (unpaired) electrons. The molecule has 1 aliphatic heterocycles. The van der Waals surface area contributed by atoms with Crippen LogP contribution in [0.5, 0.6) is 0 Å². The van der Waals surface area contributed by atoms with Gasteiger partial charge in [-0.05, 0) is 31.6 Å². The third-order valence-corrected chi connectivity index (χ3v) is 5.23. The fourth-order valence-corrected chi connectivity index (χ4v) is 3.80. The Morgan fingerprint density at radius 2 is 1.96 bits per heavy atom. The minimum Gasteiger partial charge on any atom is -0.378 e. The summed E-state index contributed by atoms with van der Waals surface area (Å²) in [4.78, 5) is 18.6. The molecule has 0 spiro atoms. The van der Waals surface area contributed by atoms with Crippen LogP contribution in [0.1, 0.15) is 63.1 Å². The van der Waals surface area contributed by atoms with E-state index in [9.17, 15) is 4.79 Å². The van der Waals surface area contributed by atoms with Crippen LogP contribution in [-0.2, 0) is 16.0 Å². The summed E-state index contributed by atoms with van der Waals surface area (Å²) in [6, 6.07) is 0. The molecule has 6 nitrogen and oxygen atoms in total. The second kappa shape index (κ2) is 8.60. The van der Waals surface area contributed by atoms with Crippen molar-refractivity contribution in [3.63, 3.8) is 0 Å². The lowest BCUT2D eigenvalue weighted by Crippen LogP contribution is -2.41. The Morgan fingerprint density at radius 1 is 1.21 bits per heavy atom. The van der Waals surface area contributed by atoms with Crippen molar-refractivity contribution in [1.82, 2.24) is 15.0 Å². The molecule has 1 saturated heterocycles. The van der Waals surface area contributed by atoms with Crippen LogP contribution in [0.3, 0.4) is 0 Å². The van der Waals surface area contributed by atoms with Crippen molar-refractivity contribution < 1.29 is 14.1 Å². The van der Waals surface area contributed by atoms with Crippen LogP contribution in [0, 0.1) is 12.8 Å². The van der Waals surface area contributed by atoms with E-state index in [1.54, 1.807) is 6.92 Å². The summed E-state index contributed by atoms with van der Waals surface area (Å²) in [6.07, 6.45) is 9.96. The fourth-order valence-electron chi connectivity index (χ4n) is 3.80. The third-order valence-electron chi connectivity index (χ3n) is 5.23. The van der Waals surface area contributed by atoms with Crippen LogP contribution in [0.4, 0.5) is 0 Å². The molecule has 1 aromatic heterocycles. The Balaban J connectivity index is 1.32. The van der Waals surface area contributed by atoms with Gasteiger partial charge in [0, 0.05) is 32.9 Å². The summed E-state index contributed by atoms with van der Waals surface area (Å²) in [7, 11) is 0. The molecule has 1 amide bonds. The summed E-state index contributed by atoms with van der Waals surface area (Å²) in [5.74, 6) is 2.27. The first-order valence-corrected chi connectivity index (χ1v) is 9.39. The van der Waals surface area contributed by atoms with Gasteiger partial charge >= 0.3 is 0 Å². The molecular formula is C18H29N3O3. The molecular weight excluding hydrogens is 306 g/mol. The van der Waals surface area contributed by atoms with Crippen LogP contribution in [0.2, 0.25) is 0 Å². The van der Waals surface area contributed by atoms with Crippen molar-refractivity contribution in [2.24, 2.45) is 5.92 Å². The molecule has 1 aromatic rings. The van der Waals surface area contributed by atoms with Gasteiger partial charge in [-0.15, -0.1) is 0 Å². The van der Waals surface area contributed by atoms with Crippen LogP contribution < -0.4 is 0 Å². The van der Waals surface area contributed by atoms with Gasteiger partial charge in [-0.3, -0.25) is 4.79 Å². The first-order valence-electron chi connectivity index (χ1n) is 9.39. The van der Waals surface area contributed by atoms with Crippen molar-refractivity contribution in [3.8, 4) is 0 Å². The number of piperidine rings is 1. The maximum Gasteiger partial charge on any atom is 0.223 e. The van der Waals surface area contributed by atoms with Crippen molar-refractivity contribution in [2.45, 2.75) is 70.8 Å². The SMILES string of the molecule is Cc1nc(CCOC2CCN(C(=O)CC3CCCCC3)CC2)no1. The predicted molar refractivity (Wildman–Crippen MR) is 89.5 cm³/mol. The molecule has 0 N–H and O–H groups in total. The summed E-state index contributed by atoms with van der Waals surface area (Å²) < 4.78 is 10.9. The van der Waals surface area contributed by atoms with E-state index in [1.807, 2.05) is 4.90 Å². The summed E-state index contributed by atoms with van der Waals surface area (Å²) in [5.41, 5.74) is 0. The lowest BCUT2D eigenvalue weighted by atomic mass is 9.86. The maximum atomic E-state index is 12.4. The van der Waals surface area contributed by atoms with Crippen molar-refractivity contribution in [1.29, 1.82) is 0 Å². The molecule has 1 aliphatic carbocycles. The van der Waals surface area contributed by atoms with E-state index < -0.39 is 0 Å². The highest BCUT2D eigenvalue weighted by molar-refractivity contribution is 5.76. The lowest BCUT2D eigenvalue weighted by molar-refractivity contribution is -0.135. The largest absolute Gasteiger partial charge is 0.378 e. The molecule has 1 saturated carbocycles. The minimum absolute atomic E-state index is 0.247. The number of ether oxygens (including phenoxy) is 1. The van der Waals surface area contributed by atoms with Gasteiger partial charge in [0.2, 0.25) is 11.8 Å². The predicted octanol–water partition coefficient (Wildman–Crippen LogP) is 2.90. The van der Waals surface area contributed by atoms with Crippen molar-refractivity contribution in [3.05, 3.63) is 11.7 Å². The number of hydrogen-bond donors (Lipinski definition) is 0. The number of carbonyl (C=O) groups is 1. The molecule has 0 atom stereocenters. The number of nitrogens with zero attached hydrogens (tertiary/aromatic N) is 3. The second-order valence-electron chi connectivity index (χ2n) is 7.14. The number of amides is 1. The number of rotatable bonds is 6. The molecule has 0 aromatic carbocycles. The van der Waals surface area contributed by atoms with E-state index in [4.69, 9.17) is 9.26 Å². The summed E-state index contributed by atoms with van der Waals surface area (Å²) in [6.45, 7) is 4.06. The van der Waals surface area contributed by atoms with Gasteiger partial charge in [0.05, 0.1) is 12.7 Å². The zero-order valence-corrected chi connectivity index (χ0v) is 14.7. The first-order chi connectivity index (χ1) is 11.7. The molecule has 24 heavy (non-hydrogen) atoms. The Kier molecular flexibility index (Phi) is 6.24. The van der Waals surface area contributed by atoms with Gasteiger partial charge < -0.3 is 14.2 Å². The molecule has 6 heteroatoms. The minimum atomic E-state index is 0.247. The number of aryl methyl sites for hydroxylation is 1. The molecule has 3 rings (SSSR count). The molecule has 0 unspecified atom stereocenters. The van der Waals surface area contributed by atoms with Gasteiger partial charge in [0.25, 0.3) is 0 Å². The highest BCUT2D eigenvalue weighted by atomic mass is 16.5. The average Bonchev–Trinajstić information content (AvgIpc) is 3.02. The Bertz CT molecular complexity index is 517. The van der Waals surface area contributed by atoms with Crippen LogP contribution in [0.25, 0.3) is 0 Å². The molecule has 2 aliphatic rings. The quantitative estimate of drug-likeness (QED) is 0.799. The first kappa shape index (κ1) is 17.4. The fraction of sp³-hybridized carbons (Fsp3) is 0.833. The smallest absolute Gasteiger partial charge is 0.223 e. The third kappa shape index (κ3) is 5.03. The molecule has 0 bridgehead atoms. The Labute approximate surface area is 143 Å². The number of aromatic nitrogens is 2. The van der Waals surface area contributed by atoms with Gasteiger partial charge in [-0.1, -0.05) is 24.4 Å². The molecule has 2 heterocycles. The van der Waals surface area contributed by atoms with Crippen LogP contribution >= 0.6 is 0 Å². The standard InChI is InChI=1S/C18H29N3O3/c1-14-19-17(20-24-14)9-12-23-16-7-10-21(11-8-16)18(22)13-15-5-3-2-4-6-15/h15-16H,2-13H2,1H3. The van der Waals surface area contributed by atoms with E-state index in [2.05, 4.69) is 10.1 Å². The molecule has 134 valence electrons. The highest BCUT2D eigenvalue weighted by Crippen LogP contribution is 2.27. The van der Waals surface area contributed by atoms with E-state index in [1.165, 1.54) is 32.1 Å². The zero-order valence-electron chi connectivity index (χ0n) is 14.7. The van der Waals surface area contributed by atoms with Crippen molar-refractivity contribution in [2.75, 3.05) is 19.7 Å². The van der Waals surface area contributed by atoms with E-state index in [-0.39, 0.29) is 6.10 Å². The van der Waals surface area contributed by atoms with Crippen LogP contribution in [-0.4, -0.2) is 46.7 Å². The van der Waals surface area contributed by atoms with Gasteiger partial charge in [-0.25, -0.2) is 0 Å². The van der Waals surface area contributed by atoms with Gasteiger partial charge in [-0.2, -0.15) is 4.98 Å². The number of carbonyl (C=O) groups excluding carboxylic acids is 1. The van der Waals surface area contributed by atoms with Crippen molar-refractivity contribution >= 4 is 5.91 Å².